The lowest BCUT2D eigenvalue weighted by Crippen LogP contribution is -2.31. The smallest absolute Gasteiger partial charge is 0.171 e. The van der Waals surface area contributed by atoms with Crippen LogP contribution in [0.5, 0.6) is 46.0 Å². The molecular formula is C34H30O9. The van der Waals surface area contributed by atoms with Crippen LogP contribution in [0, 0.1) is 5.92 Å². The molecule has 1 aliphatic rings. The molecule has 0 aromatic heterocycles. The molecule has 0 saturated carbocycles. The fraction of sp³-hybridized carbons (Fsp3) is 0.147. The second-order valence-electron chi connectivity index (χ2n) is 10.8. The van der Waals surface area contributed by atoms with E-state index in [2.05, 4.69) is 0 Å². The lowest BCUT2D eigenvalue weighted by atomic mass is 9.65. The lowest BCUT2D eigenvalue weighted by molar-refractivity contribution is 0.0877. The second kappa shape index (κ2) is 11.4. The van der Waals surface area contributed by atoms with Gasteiger partial charge in [0.1, 0.15) is 46.0 Å². The number of Topliss-reactive ketones (excluding diaryl/α,β-unsaturated/α-hetero) is 1. The van der Waals surface area contributed by atoms with Gasteiger partial charge < -0.3 is 40.9 Å². The second-order valence-corrected chi connectivity index (χ2v) is 10.8. The van der Waals surface area contributed by atoms with Gasteiger partial charge in [-0.15, -0.1) is 0 Å². The van der Waals surface area contributed by atoms with Crippen LogP contribution < -0.4 is 0 Å². The van der Waals surface area contributed by atoms with Crippen molar-refractivity contribution in [2.24, 2.45) is 5.92 Å². The third kappa shape index (κ3) is 5.92. The van der Waals surface area contributed by atoms with Crippen molar-refractivity contribution in [3.05, 3.63) is 106 Å². The normalized spacial score (nSPS) is 18.4. The van der Waals surface area contributed by atoms with E-state index in [1.807, 2.05) is 13.0 Å². The van der Waals surface area contributed by atoms with Crippen LogP contribution in [0.4, 0.5) is 0 Å². The number of phenols is 8. The van der Waals surface area contributed by atoms with E-state index in [0.29, 0.717) is 17.5 Å². The van der Waals surface area contributed by atoms with E-state index < -0.39 is 29.3 Å². The van der Waals surface area contributed by atoms with Crippen molar-refractivity contribution < 1.29 is 45.6 Å². The zero-order valence-corrected chi connectivity index (χ0v) is 23.0. The molecule has 9 heteroatoms. The Morgan fingerprint density at radius 1 is 0.651 bits per heavy atom. The van der Waals surface area contributed by atoms with E-state index in [4.69, 9.17) is 0 Å². The number of aromatic hydroxyl groups is 8. The van der Waals surface area contributed by atoms with Crippen molar-refractivity contribution >= 4 is 17.9 Å². The summed E-state index contributed by atoms with van der Waals surface area (Å²) in [7, 11) is 0. The molecule has 4 aromatic rings. The summed E-state index contributed by atoms with van der Waals surface area (Å²) in [5.74, 6) is -4.85. The number of carbonyl (C=O) groups excluding carboxylic acids is 1. The van der Waals surface area contributed by atoms with E-state index in [0.717, 1.165) is 17.7 Å². The number of ketones is 1. The minimum Gasteiger partial charge on any atom is -0.508 e. The average molecular weight is 583 g/mol. The number of hydrogen-bond acceptors (Lipinski definition) is 9. The topological polar surface area (TPSA) is 179 Å². The number of phenolic OH excluding ortho intramolecular Hbond substituents is 8. The highest BCUT2D eigenvalue weighted by atomic mass is 16.3. The van der Waals surface area contributed by atoms with Gasteiger partial charge in [-0.05, 0) is 60.9 Å². The molecule has 0 spiro atoms. The van der Waals surface area contributed by atoms with Crippen LogP contribution in [0.25, 0.3) is 12.2 Å². The van der Waals surface area contributed by atoms with Crippen molar-refractivity contribution in [2.45, 2.75) is 25.2 Å². The Morgan fingerprint density at radius 3 is 1.93 bits per heavy atom. The molecule has 8 N–H and O–H groups in total. The summed E-state index contributed by atoms with van der Waals surface area (Å²) in [6.45, 7) is 1.85. The summed E-state index contributed by atoms with van der Waals surface area (Å²) in [5.41, 5.74) is 2.17. The molecule has 0 radical (unpaired) electrons. The maximum atomic E-state index is 14.2. The largest absolute Gasteiger partial charge is 0.508 e. The van der Waals surface area contributed by atoms with Gasteiger partial charge in [-0.3, -0.25) is 4.79 Å². The quantitative estimate of drug-likeness (QED) is 0.0744. The maximum Gasteiger partial charge on any atom is 0.171 e. The molecule has 220 valence electrons. The molecule has 4 aromatic carbocycles. The summed E-state index contributed by atoms with van der Waals surface area (Å²) < 4.78 is 0. The van der Waals surface area contributed by atoms with Gasteiger partial charge in [0.15, 0.2) is 5.78 Å². The Balaban J connectivity index is 1.66. The predicted octanol–water partition coefficient (Wildman–Crippen LogP) is 6.22. The Bertz CT molecular complexity index is 1770. The molecule has 1 aliphatic carbocycles. The highest BCUT2D eigenvalue weighted by Crippen LogP contribution is 2.51. The van der Waals surface area contributed by atoms with Gasteiger partial charge in [0.05, 0.1) is 5.56 Å². The van der Waals surface area contributed by atoms with Gasteiger partial charge >= 0.3 is 0 Å². The molecule has 5 rings (SSSR count). The zero-order chi connectivity index (χ0) is 31.0. The third-order valence-electron chi connectivity index (χ3n) is 7.70. The van der Waals surface area contributed by atoms with Gasteiger partial charge in [-0.1, -0.05) is 29.9 Å². The molecule has 0 bridgehead atoms. The fourth-order valence-corrected chi connectivity index (χ4v) is 5.80. The van der Waals surface area contributed by atoms with Crippen molar-refractivity contribution in [2.75, 3.05) is 0 Å². The van der Waals surface area contributed by atoms with Crippen LogP contribution in [0.1, 0.15) is 57.8 Å². The highest BCUT2D eigenvalue weighted by molar-refractivity contribution is 6.02. The Hall–Kier alpha value is -5.57. The predicted molar refractivity (Wildman–Crippen MR) is 160 cm³/mol. The number of rotatable bonds is 6. The average Bonchev–Trinajstić information content (AvgIpc) is 2.91. The molecule has 0 unspecified atom stereocenters. The number of benzene rings is 4. The van der Waals surface area contributed by atoms with Crippen LogP contribution in [0.3, 0.4) is 0 Å². The molecule has 0 amide bonds. The first kappa shape index (κ1) is 28.9. The van der Waals surface area contributed by atoms with Crippen molar-refractivity contribution in [3.63, 3.8) is 0 Å². The van der Waals surface area contributed by atoms with Crippen LogP contribution in [0.15, 0.2) is 78.4 Å². The van der Waals surface area contributed by atoms with Crippen molar-refractivity contribution in [1.82, 2.24) is 0 Å². The van der Waals surface area contributed by atoms with Crippen LogP contribution in [0.2, 0.25) is 0 Å². The van der Waals surface area contributed by atoms with E-state index in [9.17, 15) is 45.6 Å². The minimum absolute atomic E-state index is 0.0638. The van der Waals surface area contributed by atoms with Gasteiger partial charge in [0.2, 0.25) is 0 Å². The molecule has 0 saturated heterocycles. The first-order valence-corrected chi connectivity index (χ1v) is 13.4. The first-order valence-electron chi connectivity index (χ1n) is 13.4. The number of carbonyl (C=O) groups is 1. The van der Waals surface area contributed by atoms with Gasteiger partial charge in [-0.2, -0.15) is 0 Å². The Kier molecular flexibility index (Phi) is 7.65. The Morgan fingerprint density at radius 2 is 1.28 bits per heavy atom. The third-order valence-corrected chi connectivity index (χ3v) is 7.70. The molecule has 43 heavy (non-hydrogen) atoms. The van der Waals surface area contributed by atoms with Crippen LogP contribution in [-0.2, 0) is 0 Å². The van der Waals surface area contributed by atoms with Crippen LogP contribution >= 0.6 is 0 Å². The minimum atomic E-state index is -0.982. The molecule has 0 heterocycles. The molecule has 0 fully saturated rings. The number of hydrogen-bond donors (Lipinski definition) is 8. The summed E-state index contributed by atoms with van der Waals surface area (Å²) in [6, 6.07) is 14.4. The maximum absolute atomic E-state index is 14.2. The molecule has 9 nitrogen and oxygen atoms in total. The molecule has 0 aliphatic heterocycles. The van der Waals surface area contributed by atoms with Gasteiger partial charge in [0.25, 0.3) is 0 Å². The van der Waals surface area contributed by atoms with Crippen molar-refractivity contribution in [1.29, 1.82) is 0 Å². The summed E-state index contributed by atoms with van der Waals surface area (Å²) in [6.07, 6.45) is 5.24. The van der Waals surface area contributed by atoms with E-state index in [1.54, 1.807) is 6.08 Å². The lowest BCUT2D eigenvalue weighted by Gasteiger charge is -2.37. The van der Waals surface area contributed by atoms with Crippen molar-refractivity contribution in [3.8, 4) is 46.0 Å². The standard InChI is InChI=1S/C34H30O9/c1-17-8-27(24-6-4-20(35)14-30(24)40)33(34(43)25-7-5-21(36)15-31(25)41)28(9-17)26-12-19(29(39)16-32(26)42)3-2-18-10-22(37)13-23(38)11-18/h2-7,9-16,27-28,33,35-42H,8H2,1H3/b3-2+/t27-,28+,33-/m1/s1. The first-order chi connectivity index (χ1) is 20.4. The number of allylic oxidation sites excluding steroid dienone is 2. The van der Waals surface area contributed by atoms with Gasteiger partial charge in [0, 0.05) is 53.1 Å². The monoisotopic (exact) mass is 582 g/mol. The summed E-state index contributed by atoms with van der Waals surface area (Å²) in [5, 5.41) is 82.4. The van der Waals surface area contributed by atoms with E-state index >= 15 is 0 Å². The zero-order valence-electron chi connectivity index (χ0n) is 23.0. The van der Waals surface area contributed by atoms with E-state index in [-0.39, 0.29) is 56.9 Å². The fourth-order valence-electron chi connectivity index (χ4n) is 5.80. The van der Waals surface area contributed by atoms with Gasteiger partial charge in [-0.25, -0.2) is 0 Å². The summed E-state index contributed by atoms with van der Waals surface area (Å²) in [4.78, 5) is 14.2. The van der Waals surface area contributed by atoms with Crippen LogP contribution in [-0.4, -0.2) is 46.6 Å². The summed E-state index contributed by atoms with van der Waals surface area (Å²) >= 11 is 0. The Labute approximate surface area is 246 Å². The SMILES string of the molecule is CC1=C[C@@H](c2cc(/C=C/c3cc(O)cc(O)c3)c(O)cc2O)[C@H](C(=O)c2ccc(O)cc2O)[C@@H](c2ccc(O)cc2O)C1. The van der Waals surface area contributed by atoms with E-state index in [1.165, 1.54) is 60.7 Å². The molecular weight excluding hydrogens is 552 g/mol. The molecule has 3 atom stereocenters. The highest BCUT2D eigenvalue weighted by Gasteiger charge is 2.42.